The molecule has 3 aliphatic rings. The van der Waals surface area contributed by atoms with Crippen molar-refractivity contribution in [1.82, 2.24) is 13.9 Å². The maximum Gasteiger partial charge on any atom is 0.279 e. The third-order valence-corrected chi connectivity index (χ3v) is 7.71. The van der Waals surface area contributed by atoms with Gasteiger partial charge in [0.25, 0.3) is 10.2 Å². The molecule has 7 heteroatoms. The summed E-state index contributed by atoms with van der Waals surface area (Å²) in [4.78, 5) is 7.62. The molecule has 0 aliphatic carbocycles. The molecule has 1 N–H and O–H groups in total. The topological polar surface area (TPSA) is 65.0 Å². The highest BCUT2D eigenvalue weighted by atomic mass is 32.2. The Hall–Kier alpha value is -0.920. The van der Waals surface area contributed by atoms with E-state index >= 15 is 0 Å². The van der Waals surface area contributed by atoms with E-state index in [9.17, 15) is 8.42 Å². The quantitative estimate of drug-likeness (QED) is 0.750. The van der Waals surface area contributed by atoms with E-state index in [1.165, 1.54) is 11.3 Å². The van der Waals surface area contributed by atoms with Crippen LogP contribution in [-0.2, 0) is 10.2 Å². The van der Waals surface area contributed by atoms with E-state index in [0.717, 1.165) is 18.7 Å². The summed E-state index contributed by atoms with van der Waals surface area (Å²) in [6.07, 6.45) is 1.67. The van der Waals surface area contributed by atoms with Crippen LogP contribution in [0, 0.1) is 16.2 Å². The molecular weight excluding hydrogens is 384 g/mol. The summed E-state index contributed by atoms with van der Waals surface area (Å²) >= 11 is 0. The summed E-state index contributed by atoms with van der Waals surface area (Å²) in [7, 11) is -3.40. The molecule has 3 rings (SSSR count). The van der Waals surface area contributed by atoms with Crippen LogP contribution in [0.15, 0.2) is 16.3 Å². The molecule has 0 aromatic carbocycles. The zero-order valence-corrected chi connectivity index (χ0v) is 20.6. The number of aliphatic imine (C=N–C) groups is 1. The minimum atomic E-state index is -3.40. The van der Waals surface area contributed by atoms with Crippen molar-refractivity contribution < 1.29 is 8.42 Å². The van der Waals surface area contributed by atoms with Gasteiger partial charge in [0, 0.05) is 43.2 Å². The van der Waals surface area contributed by atoms with Crippen molar-refractivity contribution in [2.24, 2.45) is 21.2 Å². The Morgan fingerprint density at radius 2 is 1.55 bits per heavy atom. The van der Waals surface area contributed by atoms with E-state index in [-0.39, 0.29) is 28.3 Å². The lowest BCUT2D eigenvalue weighted by molar-refractivity contribution is 0.285. The third kappa shape index (κ3) is 4.42. The number of amidine groups is 1. The molecule has 0 saturated carbocycles. The Balaban J connectivity index is 2.04. The number of nitrogens with one attached hydrogen (secondary N) is 1. The Bertz CT molecular complexity index is 818. The Morgan fingerprint density at radius 3 is 1.97 bits per heavy atom. The summed E-state index contributed by atoms with van der Waals surface area (Å²) in [6.45, 7) is 22.0. The molecule has 166 valence electrons. The second-order valence-corrected chi connectivity index (χ2v) is 13.7. The highest BCUT2D eigenvalue weighted by molar-refractivity contribution is 7.87. The third-order valence-electron chi connectivity index (χ3n) is 6.03. The molecule has 0 spiro atoms. The van der Waals surface area contributed by atoms with Crippen LogP contribution >= 0.6 is 0 Å². The summed E-state index contributed by atoms with van der Waals surface area (Å²) in [5, 5.41) is 0. The number of rotatable bonds is 3. The van der Waals surface area contributed by atoms with E-state index in [4.69, 9.17) is 4.99 Å². The Labute approximate surface area is 178 Å². The molecule has 3 heterocycles. The van der Waals surface area contributed by atoms with Crippen molar-refractivity contribution in [3.63, 3.8) is 0 Å². The first-order valence-electron chi connectivity index (χ1n) is 10.9. The molecule has 2 saturated heterocycles. The fourth-order valence-electron chi connectivity index (χ4n) is 4.58. The van der Waals surface area contributed by atoms with Gasteiger partial charge >= 0.3 is 0 Å². The second kappa shape index (κ2) is 7.06. The van der Waals surface area contributed by atoms with Crippen LogP contribution in [0.25, 0.3) is 0 Å². The molecule has 0 bridgehead atoms. The first-order chi connectivity index (χ1) is 13.0. The average molecular weight is 425 g/mol. The van der Waals surface area contributed by atoms with Crippen LogP contribution in [0.5, 0.6) is 0 Å². The second-order valence-electron chi connectivity index (χ2n) is 12.0. The predicted molar refractivity (Wildman–Crippen MR) is 120 cm³/mol. The maximum absolute atomic E-state index is 12.7. The van der Waals surface area contributed by atoms with Crippen molar-refractivity contribution in [2.45, 2.75) is 87.2 Å². The fraction of sp³-hybridized carbons (Fsp3) is 0.864. The van der Waals surface area contributed by atoms with Crippen molar-refractivity contribution in [3.05, 3.63) is 11.3 Å². The lowest BCUT2D eigenvalue weighted by Crippen LogP contribution is -2.52. The zero-order valence-electron chi connectivity index (χ0n) is 19.8. The van der Waals surface area contributed by atoms with Crippen LogP contribution < -0.4 is 4.72 Å². The highest BCUT2D eigenvalue weighted by Crippen LogP contribution is 2.47. The van der Waals surface area contributed by atoms with E-state index in [0.29, 0.717) is 19.6 Å². The molecule has 0 aromatic heterocycles. The fourth-order valence-corrected chi connectivity index (χ4v) is 6.05. The van der Waals surface area contributed by atoms with Gasteiger partial charge in [-0.3, -0.25) is 4.99 Å². The van der Waals surface area contributed by atoms with E-state index in [1.807, 2.05) is 0 Å². The van der Waals surface area contributed by atoms with Crippen LogP contribution in [-0.4, -0.2) is 55.2 Å². The molecule has 0 radical (unpaired) electrons. The Morgan fingerprint density at radius 1 is 0.966 bits per heavy atom. The normalized spacial score (nSPS) is 27.1. The molecule has 2 atom stereocenters. The summed E-state index contributed by atoms with van der Waals surface area (Å²) in [5.41, 5.74) is 2.47. The van der Waals surface area contributed by atoms with E-state index in [2.05, 4.69) is 71.9 Å². The van der Waals surface area contributed by atoms with Gasteiger partial charge in [-0.2, -0.15) is 17.4 Å². The summed E-state index contributed by atoms with van der Waals surface area (Å²) in [5.74, 6) is 1.08. The van der Waals surface area contributed by atoms with Crippen LogP contribution in [0.1, 0.15) is 75.2 Å². The van der Waals surface area contributed by atoms with E-state index in [1.54, 1.807) is 4.31 Å². The van der Waals surface area contributed by atoms with Gasteiger partial charge in [-0.15, -0.1) is 0 Å². The summed E-state index contributed by atoms with van der Waals surface area (Å²) in [6, 6.07) is -0.0343. The molecule has 0 aromatic rings. The van der Waals surface area contributed by atoms with Crippen molar-refractivity contribution in [2.75, 3.05) is 19.6 Å². The average Bonchev–Trinajstić information content (AvgIpc) is 2.80. The van der Waals surface area contributed by atoms with Crippen molar-refractivity contribution >= 4 is 16.0 Å². The number of fused-ring (bicyclic) bond motifs is 1. The van der Waals surface area contributed by atoms with Gasteiger partial charge in [0.1, 0.15) is 5.84 Å². The van der Waals surface area contributed by atoms with Crippen molar-refractivity contribution in [3.8, 4) is 0 Å². The standard InChI is InChI=1S/C22H40N4O2S/c1-20(2,3)17-16-13-15(24-29(27,28)25-11-10-12-25)14-26(16)19(22(7,8)9)23-18(17)21(4,5)6/h15,18,24H,10-14H2,1-9H3. The maximum atomic E-state index is 12.7. The molecule has 6 nitrogen and oxygen atoms in total. The van der Waals surface area contributed by atoms with Gasteiger partial charge in [-0.05, 0) is 22.8 Å². The van der Waals surface area contributed by atoms with Gasteiger partial charge < -0.3 is 4.90 Å². The van der Waals surface area contributed by atoms with Gasteiger partial charge in [0.2, 0.25) is 0 Å². The van der Waals surface area contributed by atoms with E-state index < -0.39 is 10.2 Å². The van der Waals surface area contributed by atoms with Gasteiger partial charge in [0.15, 0.2) is 0 Å². The molecule has 2 fully saturated rings. The number of hydrogen-bond donors (Lipinski definition) is 1. The lowest BCUT2D eigenvalue weighted by atomic mass is 9.70. The smallest absolute Gasteiger partial charge is 0.279 e. The van der Waals surface area contributed by atoms with Crippen LogP contribution in [0.4, 0.5) is 0 Å². The van der Waals surface area contributed by atoms with Gasteiger partial charge in [-0.1, -0.05) is 62.3 Å². The van der Waals surface area contributed by atoms with Crippen LogP contribution in [0.3, 0.4) is 0 Å². The van der Waals surface area contributed by atoms with Gasteiger partial charge in [-0.25, -0.2) is 0 Å². The molecule has 29 heavy (non-hydrogen) atoms. The highest BCUT2D eigenvalue weighted by Gasteiger charge is 2.47. The van der Waals surface area contributed by atoms with Crippen molar-refractivity contribution in [1.29, 1.82) is 0 Å². The lowest BCUT2D eigenvalue weighted by Gasteiger charge is -2.45. The minimum Gasteiger partial charge on any atom is -0.332 e. The first-order valence-corrected chi connectivity index (χ1v) is 12.3. The largest absolute Gasteiger partial charge is 0.332 e. The van der Waals surface area contributed by atoms with Crippen LogP contribution in [0.2, 0.25) is 0 Å². The molecule has 0 amide bonds. The zero-order chi connectivity index (χ0) is 22.0. The first kappa shape index (κ1) is 22.8. The molecule has 3 aliphatic heterocycles. The summed E-state index contributed by atoms with van der Waals surface area (Å²) < 4.78 is 29.9. The minimum absolute atomic E-state index is 0.00652. The van der Waals surface area contributed by atoms with Gasteiger partial charge in [0.05, 0.1) is 6.04 Å². The Kier molecular flexibility index (Phi) is 5.54. The number of nitrogens with zero attached hydrogens (tertiary/aromatic N) is 3. The SMILES string of the molecule is CC(C)(C)C1=NC(C(C)(C)C)C(C(C)(C)C)=C2CC(NS(=O)(=O)N3CCC3)CN12. The predicted octanol–water partition coefficient (Wildman–Crippen LogP) is 3.77. The molecular formula is C22H40N4O2S. The molecule has 2 unspecified atom stereocenters. The number of hydrogen-bond acceptors (Lipinski definition) is 4. The monoisotopic (exact) mass is 424 g/mol.